The van der Waals surface area contributed by atoms with Crippen LogP contribution in [0.15, 0.2) is 35.7 Å². The van der Waals surface area contributed by atoms with Gasteiger partial charge in [-0.2, -0.15) is 0 Å². The lowest BCUT2D eigenvalue weighted by Gasteiger charge is -2.23. The quantitative estimate of drug-likeness (QED) is 0.833. The number of likely N-dealkylation sites (N-methyl/N-ethyl adjacent to an activating group) is 1. The van der Waals surface area contributed by atoms with Crippen molar-refractivity contribution in [1.82, 2.24) is 9.88 Å². The van der Waals surface area contributed by atoms with Gasteiger partial charge >= 0.3 is 0 Å². The van der Waals surface area contributed by atoms with Gasteiger partial charge in [0.15, 0.2) is 0 Å². The van der Waals surface area contributed by atoms with Crippen LogP contribution >= 0.6 is 11.3 Å². The van der Waals surface area contributed by atoms with Crippen LogP contribution < -0.4 is 4.90 Å². The van der Waals surface area contributed by atoms with Crippen molar-refractivity contribution in [3.63, 3.8) is 0 Å². The SMILES string of the molecule is COCc1nc(C(=O)N(C)[C@H]2CCN(c3ccccc3)C2=O)cs1. The summed E-state index contributed by atoms with van der Waals surface area (Å²) in [5.41, 5.74) is 1.22. The molecule has 1 saturated heterocycles. The van der Waals surface area contributed by atoms with E-state index in [1.54, 1.807) is 24.4 Å². The number of rotatable bonds is 5. The van der Waals surface area contributed by atoms with E-state index in [4.69, 9.17) is 4.74 Å². The predicted octanol–water partition coefficient (Wildman–Crippen LogP) is 2.17. The topological polar surface area (TPSA) is 62.7 Å². The van der Waals surface area contributed by atoms with E-state index in [2.05, 4.69) is 4.98 Å². The summed E-state index contributed by atoms with van der Waals surface area (Å²) in [6.07, 6.45) is 0.616. The highest BCUT2D eigenvalue weighted by molar-refractivity contribution is 7.09. The van der Waals surface area contributed by atoms with E-state index in [1.165, 1.54) is 16.2 Å². The van der Waals surface area contributed by atoms with E-state index < -0.39 is 6.04 Å². The molecule has 0 spiro atoms. The van der Waals surface area contributed by atoms with Crippen LogP contribution in [0.1, 0.15) is 21.9 Å². The number of thiazole rings is 1. The van der Waals surface area contributed by atoms with Crippen molar-refractivity contribution in [3.8, 4) is 0 Å². The molecule has 0 unspecified atom stereocenters. The zero-order chi connectivity index (χ0) is 17.1. The van der Waals surface area contributed by atoms with Gasteiger partial charge in [-0.15, -0.1) is 11.3 Å². The Morgan fingerprint density at radius 2 is 2.17 bits per heavy atom. The van der Waals surface area contributed by atoms with Crippen LogP contribution in [-0.4, -0.2) is 48.4 Å². The summed E-state index contributed by atoms with van der Waals surface area (Å²) in [7, 11) is 3.25. The lowest BCUT2D eigenvalue weighted by atomic mass is 10.2. The number of para-hydroxylation sites is 1. The molecule has 1 aliphatic rings. The number of hydrogen-bond acceptors (Lipinski definition) is 5. The number of hydrogen-bond donors (Lipinski definition) is 0. The number of ether oxygens (including phenoxy) is 1. The smallest absolute Gasteiger partial charge is 0.273 e. The van der Waals surface area contributed by atoms with Gasteiger partial charge in [-0.25, -0.2) is 4.98 Å². The van der Waals surface area contributed by atoms with E-state index >= 15 is 0 Å². The van der Waals surface area contributed by atoms with E-state index in [1.807, 2.05) is 30.3 Å². The Labute approximate surface area is 144 Å². The number of amides is 2. The fourth-order valence-electron chi connectivity index (χ4n) is 2.81. The number of anilines is 1. The van der Waals surface area contributed by atoms with Crippen molar-refractivity contribution >= 4 is 28.8 Å². The van der Waals surface area contributed by atoms with E-state index in [-0.39, 0.29) is 11.8 Å². The average Bonchev–Trinajstić information content (AvgIpc) is 3.21. The molecule has 2 amide bonds. The Balaban J connectivity index is 1.72. The largest absolute Gasteiger partial charge is 0.378 e. The Morgan fingerprint density at radius 3 is 2.88 bits per heavy atom. The molecule has 1 aromatic carbocycles. The minimum atomic E-state index is -0.453. The second-order valence-electron chi connectivity index (χ2n) is 5.61. The van der Waals surface area contributed by atoms with Gasteiger partial charge in [0.25, 0.3) is 5.91 Å². The molecule has 1 atom stereocenters. The molecular formula is C17H19N3O3S. The molecule has 1 fully saturated rings. The molecule has 0 saturated carbocycles. The van der Waals surface area contributed by atoms with E-state index in [0.717, 1.165) is 10.7 Å². The predicted molar refractivity (Wildman–Crippen MR) is 92.1 cm³/mol. The average molecular weight is 345 g/mol. The van der Waals surface area contributed by atoms with Gasteiger partial charge in [0.2, 0.25) is 5.91 Å². The Morgan fingerprint density at radius 1 is 1.42 bits per heavy atom. The molecule has 2 heterocycles. The summed E-state index contributed by atoms with van der Waals surface area (Å²) in [5, 5.41) is 2.46. The first kappa shape index (κ1) is 16.6. The lowest BCUT2D eigenvalue weighted by molar-refractivity contribution is -0.120. The number of carbonyl (C=O) groups excluding carboxylic acids is 2. The molecule has 1 aliphatic heterocycles. The van der Waals surface area contributed by atoms with Gasteiger partial charge in [0.1, 0.15) is 16.7 Å². The zero-order valence-corrected chi connectivity index (χ0v) is 14.5. The standard InChI is InChI=1S/C17H19N3O3S/c1-19(16(21)13-11-24-15(18-13)10-23-2)14-8-9-20(17(14)22)12-6-4-3-5-7-12/h3-7,11,14H,8-10H2,1-2H3/t14-/m0/s1. The molecule has 7 heteroatoms. The first-order valence-electron chi connectivity index (χ1n) is 7.68. The summed E-state index contributed by atoms with van der Waals surface area (Å²) in [6, 6.07) is 9.07. The number of aromatic nitrogens is 1. The second-order valence-corrected chi connectivity index (χ2v) is 6.55. The minimum absolute atomic E-state index is 0.0515. The number of carbonyl (C=O) groups is 2. The zero-order valence-electron chi connectivity index (χ0n) is 13.6. The molecule has 2 aromatic rings. The Bertz CT molecular complexity index is 732. The molecule has 126 valence electrons. The molecule has 0 aliphatic carbocycles. The Hall–Kier alpha value is -2.25. The highest BCUT2D eigenvalue weighted by Gasteiger charge is 2.37. The van der Waals surface area contributed by atoms with Crippen LogP contribution in [0, 0.1) is 0 Å². The maximum Gasteiger partial charge on any atom is 0.273 e. The molecular weight excluding hydrogens is 326 g/mol. The maximum atomic E-state index is 12.7. The van der Waals surface area contributed by atoms with Crippen molar-refractivity contribution < 1.29 is 14.3 Å². The molecule has 1 aromatic heterocycles. The van der Waals surface area contributed by atoms with Gasteiger partial charge < -0.3 is 14.5 Å². The van der Waals surface area contributed by atoms with Crippen LogP contribution in [-0.2, 0) is 16.1 Å². The summed E-state index contributed by atoms with van der Waals surface area (Å²) in [6.45, 7) is 0.989. The summed E-state index contributed by atoms with van der Waals surface area (Å²) in [5.74, 6) is -0.286. The van der Waals surface area contributed by atoms with Crippen LogP contribution in [0.5, 0.6) is 0 Å². The van der Waals surface area contributed by atoms with Crippen LogP contribution in [0.4, 0.5) is 5.69 Å². The highest BCUT2D eigenvalue weighted by atomic mass is 32.1. The van der Waals surface area contributed by atoms with Crippen molar-refractivity contribution in [2.45, 2.75) is 19.1 Å². The van der Waals surface area contributed by atoms with Crippen molar-refractivity contribution in [2.75, 3.05) is 25.6 Å². The third-order valence-corrected chi connectivity index (χ3v) is 4.89. The molecule has 24 heavy (non-hydrogen) atoms. The fraction of sp³-hybridized carbons (Fsp3) is 0.353. The molecule has 0 radical (unpaired) electrons. The van der Waals surface area contributed by atoms with Gasteiger partial charge in [-0.1, -0.05) is 18.2 Å². The van der Waals surface area contributed by atoms with Crippen molar-refractivity contribution in [2.24, 2.45) is 0 Å². The molecule has 0 bridgehead atoms. The maximum absolute atomic E-state index is 12.7. The summed E-state index contributed by atoms with van der Waals surface area (Å²) in [4.78, 5) is 32.8. The number of benzene rings is 1. The minimum Gasteiger partial charge on any atom is -0.378 e. The van der Waals surface area contributed by atoms with E-state index in [0.29, 0.717) is 25.3 Å². The molecule has 6 nitrogen and oxygen atoms in total. The van der Waals surface area contributed by atoms with Gasteiger partial charge in [0.05, 0.1) is 6.61 Å². The highest BCUT2D eigenvalue weighted by Crippen LogP contribution is 2.24. The van der Waals surface area contributed by atoms with Gasteiger partial charge in [-0.3, -0.25) is 9.59 Å². The van der Waals surface area contributed by atoms with Crippen LogP contribution in [0.25, 0.3) is 0 Å². The monoisotopic (exact) mass is 345 g/mol. The number of methoxy groups -OCH3 is 1. The van der Waals surface area contributed by atoms with Gasteiger partial charge in [0, 0.05) is 31.8 Å². The Kier molecular flexibility index (Phi) is 4.92. The lowest BCUT2D eigenvalue weighted by Crippen LogP contribution is -2.43. The van der Waals surface area contributed by atoms with E-state index in [9.17, 15) is 9.59 Å². The number of nitrogens with zero attached hydrogens (tertiary/aromatic N) is 3. The van der Waals surface area contributed by atoms with Crippen molar-refractivity contribution in [3.05, 3.63) is 46.4 Å². The van der Waals surface area contributed by atoms with Crippen LogP contribution in [0.3, 0.4) is 0 Å². The van der Waals surface area contributed by atoms with Gasteiger partial charge in [-0.05, 0) is 18.6 Å². The third-order valence-electron chi connectivity index (χ3n) is 4.07. The second kappa shape index (κ2) is 7.11. The molecule has 0 N–H and O–H groups in total. The first-order chi connectivity index (χ1) is 11.6. The van der Waals surface area contributed by atoms with Crippen molar-refractivity contribution in [1.29, 1.82) is 0 Å². The summed E-state index contributed by atoms with van der Waals surface area (Å²) >= 11 is 1.38. The normalized spacial score (nSPS) is 17.3. The fourth-order valence-corrected chi connectivity index (χ4v) is 3.55. The third kappa shape index (κ3) is 3.18. The molecule has 3 rings (SSSR count). The van der Waals surface area contributed by atoms with Crippen LogP contribution in [0.2, 0.25) is 0 Å². The first-order valence-corrected chi connectivity index (χ1v) is 8.56. The summed E-state index contributed by atoms with van der Waals surface area (Å²) < 4.78 is 5.02.